The lowest BCUT2D eigenvalue weighted by molar-refractivity contribution is -0.168. The van der Waals surface area contributed by atoms with Gasteiger partial charge in [-0.25, -0.2) is 0 Å². The maximum Gasteiger partial charge on any atom is 0.322 e. The van der Waals surface area contributed by atoms with E-state index in [-0.39, 0.29) is 17.4 Å². The summed E-state index contributed by atoms with van der Waals surface area (Å²) in [5, 5.41) is 3.17. The van der Waals surface area contributed by atoms with Gasteiger partial charge >= 0.3 is 11.9 Å². The maximum absolute atomic E-state index is 12.8. The van der Waals surface area contributed by atoms with Gasteiger partial charge in [0.2, 0.25) is 0 Å². The van der Waals surface area contributed by atoms with Crippen LogP contribution in [0.2, 0.25) is 0 Å². The number of ether oxygens (including phenoxy) is 2. The first-order chi connectivity index (χ1) is 15.2. The summed E-state index contributed by atoms with van der Waals surface area (Å²) in [6.07, 6.45) is 8.58. The molecule has 6 nitrogen and oxygen atoms in total. The average Bonchev–Trinajstić information content (AvgIpc) is 3.22. The Morgan fingerprint density at radius 1 is 1.28 bits per heavy atom. The van der Waals surface area contributed by atoms with Crippen LogP contribution in [0.3, 0.4) is 0 Å². The van der Waals surface area contributed by atoms with Crippen molar-refractivity contribution in [1.29, 1.82) is 0 Å². The van der Waals surface area contributed by atoms with Gasteiger partial charge in [0.25, 0.3) is 0 Å². The number of carbonyl (C=O) groups excluding carboxylic acids is 2. The molecule has 1 heterocycles. The second-order valence-corrected chi connectivity index (χ2v) is 10.1. The Morgan fingerprint density at radius 3 is 2.72 bits per heavy atom. The SMILES string of the molecule is C=C1CC[C@H]2[C@](C)(CCC[C@]2(C)C(=O)OC)[C@H]1CCc1ccoc1CN[C@H](C)C(=O)OC. The normalized spacial score (nSPS) is 31.0. The third-order valence-corrected chi connectivity index (χ3v) is 8.33. The molecular weight excluding hydrogens is 406 g/mol. The minimum Gasteiger partial charge on any atom is -0.469 e. The minimum atomic E-state index is -0.421. The Balaban J connectivity index is 1.72. The number of methoxy groups -OCH3 is 2. The van der Waals surface area contributed by atoms with Crippen LogP contribution in [0.5, 0.6) is 0 Å². The lowest BCUT2D eigenvalue weighted by Crippen LogP contribution is -2.53. The van der Waals surface area contributed by atoms with Gasteiger partial charge < -0.3 is 13.9 Å². The van der Waals surface area contributed by atoms with E-state index < -0.39 is 11.5 Å². The summed E-state index contributed by atoms with van der Waals surface area (Å²) in [5.74, 6) is 1.16. The van der Waals surface area contributed by atoms with E-state index in [1.165, 1.54) is 19.8 Å². The maximum atomic E-state index is 12.8. The van der Waals surface area contributed by atoms with Crippen molar-refractivity contribution in [3.05, 3.63) is 35.8 Å². The molecule has 32 heavy (non-hydrogen) atoms. The number of furan rings is 1. The molecule has 6 heteroatoms. The van der Waals surface area contributed by atoms with Crippen LogP contribution in [-0.2, 0) is 32.0 Å². The van der Waals surface area contributed by atoms with E-state index >= 15 is 0 Å². The predicted molar refractivity (Wildman–Crippen MR) is 123 cm³/mol. The van der Waals surface area contributed by atoms with Crippen molar-refractivity contribution in [3.8, 4) is 0 Å². The fraction of sp³-hybridized carbons (Fsp3) is 0.692. The van der Waals surface area contributed by atoms with Gasteiger partial charge in [-0.3, -0.25) is 14.9 Å². The number of esters is 2. The summed E-state index contributed by atoms with van der Waals surface area (Å²) in [4.78, 5) is 24.4. The van der Waals surface area contributed by atoms with Crippen molar-refractivity contribution in [2.45, 2.75) is 78.3 Å². The Bertz CT molecular complexity index is 845. The topological polar surface area (TPSA) is 77.8 Å². The summed E-state index contributed by atoms with van der Waals surface area (Å²) in [6, 6.07) is 1.62. The Labute approximate surface area is 192 Å². The van der Waals surface area contributed by atoms with Gasteiger partial charge in [0.05, 0.1) is 32.4 Å². The van der Waals surface area contributed by atoms with E-state index in [1.54, 1.807) is 13.2 Å². The van der Waals surface area contributed by atoms with Crippen molar-refractivity contribution in [2.24, 2.45) is 22.7 Å². The first-order valence-electron chi connectivity index (χ1n) is 11.8. The average molecular weight is 446 g/mol. The van der Waals surface area contributed by atoms with Crippen molar-refractivity contribution >= 4 is 11.9 Å². The smallest absolute Gasteiger partial charge is 0.322 e. The number of hydrogen-bond acceptors (Lipinski definition) is 6. The lowest BCUT2D eigenvalue weighted by atomic mass is 9.46. The summed E-state index contributed by atoms with van der Waals surface area (Å²) < 4.78 is 15.7. The monoisotopic (exact) mass is 445 g/mol. The number of hydrogen-bond donors (Lipinski definition) is 1. The molecule has 0 spiro atoms. The van der Waals surface area contributed by atoms with Crippen molar-refractivity contribution < 1.29 is 23.5 Å². The van der Waals surface area contributed by atoms with Gasteiger partial charge in [0, 0.05) is 0 Å². The molecule has 2 aliphatic rings. The molecule has 0 aromatic carbocycles. The van der Waals surface area contributed by atoms with Gasteiger partial charge in [-0.05, 0) is 81.3 Å². The van der Waals surface area contributed by atoms with Gasteiger partial charge in [0.15, 0.2) is 0 Å². The third-order valence-electron chi connectivity index (χ3n) is 8.33. The second kappa shape index (κ2) is 9.82. The number of aryl methyl sites for hydroxylation is 1. The van der Waals surface area contributed by atoms with Crippen LogP contribution in [0.4, 0.5) is 0 Å². The van der Waals surface area contributed by atoms with Crippen LogP contribution in [0.15, 0.2) is 28.9 Å². The molecule has 2 fully saturated rings. The van der Waals surface area contributed by atoms with Gasteiger partial charge in [-0.1, -0.05) is 25.5 Å². The highest BCUT2D eigenvalue weighted by Crippen LogP contribution is 2.62. The van der Waals surface area contributed by atoms with Crippen LogP contribution >= 0.6 is 0 Å². The number of allylic oxidation sites excluding steroid dienone is 1. The Kier molecular flexibility index (Phi) is 7.53. The molecule has 1 aromatic rings. The molecule has 3 rings (SSSR count). The van der Waals surface area contributed by atoms with Gasteiger partial charge in [-0.15, -0.1) is 0 Å². The number of rotatable bonds is 8. The van der Waals surface area contributed by atoms with Crippen LogP contribution in [0, 0.1) is 22.7 Å². The van der Waals surface area contributed by atoms with E-state index in [2.05, 4.69) is 25.7 Å². The molecule has 2 saturated carbocycles. The van der Waals surface area contributed by atoms with E-state index in [1.807, 2.05) is 6.07 Å². The highest BCUT2D eigenvalue weighted by atomic mass is 16.5. The molecule has 5 atom stereocenters. The number of carbonyl (C=O) groups is 2. The highest BCUT2D eigenvalue weighted by Gasteiger charge is 2.57. The lowest BCUT2D eigenvalue weighted by Gasteiger charge is -2.57. The standard InChI is InChI=1S/C26H39NO5/c1-17-8-11-22-25(3,13-7-14-26(22,4)24(29)31-6)20(17)10-9-19-12-15-32-21(19)16-27-18(2)23(28)30-5/h12,15,18,20,22,27H,1,7-11,13-14,16H2,2-6H3/t18-,20+,22+,25-,26+/m1/s1. The van der Waals surface area contributed by atoms with E-state index in [4.69, 9.17) is 13.9 Å². The summed E-state index contributed by atoms with van der Waals surface area (Å²) >= 11 is 0. The van der Waals surface area contributed by atoms with Crippen molar-refractivity contribution in [2.75, 3.05) is 14.2 Å². The second-order valence-electron chi connectivity index (χ2n) is 10.1. The molecule has 178 valence electrons. The Morgan fingerprint density at radius 2 is 2.03 bits per heavy atom. The van der Waals surface area contributed by atoms with Gasteiger partial charge in [0.1, 0.15) is 11.8 Å². The third kappa shape index (κ3) is 4.52. The quantitative estimate of drug-likeness (QED) is 0.457. The van der Waals surface area contributed by atoms with Crippen molar-refractivity contribution in [3.63, 3.8) is 0 Å². The summed E-state index contributed by atoms with van der Waals surface area (Å²) in [5.41, 5.74) is 2.08. The van der Waals surface area contributed by atoms with Crippen LogP contribution in [-0.4, -0.2) is 32.2 Å². The molecule has 0 radical (unpaired) electrons. The van der Waals surface area contributed by atoms with Crippen LogP contribution in [0.25, 0.3) is 0 Å². The van der Waals surface area contributed by atoms with E-state index in [9.17, 15) is 9.59 Å². The van der Waals surface area contributed by atoms with Crippen LogP contribution in [0.1, 0.15) is 70.6 Å². The summed E-state index contributed by atoms with van der Waals surface area (Å²) in [7, 11) is 2.90. The zero-order valence-electron chi connectivity index (χ0n) is 20.3. The Hall–Kier alpha value is -2.08. The first kappa shape index (κ1) is 24.6. The van der Waals surface area contributed by atoms with E-state index in [0.29, 0.717) is 18.4 Å². The fourth-order valence-corrected chi connectivity index (χ4v) is 6.51. The molecule has 0 bridgehead atoms. The predicted octanol–water partition coefficient (Wildman–Crippen LogP) is 4.82. The molecule has 2 aliphatic carbocycles. The van der Waals surface area contributed by atoms with Crippen molar-refractivity contribution in [1.82, 2.24) is 5.32 Å². The number of nitrogens with one attached hydrogen (secondary N) is 1. The van der Waals surface area contributed by atoms with Crippen LogP contribution < -0.4 is 5.32 Å². The van der Waals surface area contributed by atoms with E-state index in [0.717, 1.165) is 56.3 Å². The zero-order valence-corrected chi connectivity index (χ0v) is 20.3. The fourth-order valence-electron chi connectivity index (χ4n) is 6.51. The minimum absolute atomic E-state index is 0.0398. The molecule has 1 N–H and O–H groups in total. The largest absolute Gasteiger partial charge is 0.469 e. The first-order valence-corrected chi connectivity index (χ1v) is 11.8. The highest BCUT2D eigenvalue weighted by molar-refractivity contribution is 5.77. The molecular formula is C26H39NO5. The molecule has 1 aromatic heterocycles. The van der Waals surface area contributed by atoms with Gasteiger partial charge in [-0.2, -0.15) is 0 Å². The molecule has 0 unspecified atom stereocenters. The molecule has 0 aliphatic heterocycles. The number of fused-ring (bicyclic) bond motifs is 1. The zero-order chi connectivity index (χ0) is 23.5. The molecule has 0 saturated heterocycles. The summed E-state index contributed by atoms with van der Waals surface area (Å²) in [6.45, 7) is 11.2. The molecule has 0 amide bonds.